The average Bonchev–Trinajstić information content (AvgIpc) is 2.66. The molecule has 2 nitrogen and oxygen atoms in total. The van der Waals surface area contributed by atoms with Crippen LogP contribution in [0.3, 0.4) is 0 Å². The van der Waals surface area contributed by atoms with Crippen molar-refractivity contribution in [2.45, 2.75) is 60.8 Å². The summed E-state index contributed by atoms with van der Waals surface area (Å²) >= 11 is 0. The van der Waals surface area contributed by atoms with Gasteiger partial charge in [0.2, 0.25) is 0 Å². The Balaban J connectivity index is 0.000000226. The van der Waals surface area contributed by atoms with Gasteiger partial charge in [-0.05, 0) is 68.9 Å². The van der Waals surface area contributed by atoms with Gasteiger partial charge in [-0.15, -0.1) is 0 Å². The van der Waals surface area contributed by atoms with Crippen LogP contribution in [0.1, 0.15) is 64.5 Å². The first-order valence-corrected chi connectivity index (χ1v) is 10.3. The molecule has 160 valence electrons. The standard InChI is InChI=1S/C11H16.C9H12.C8H8O2/c1-9-5-7-10(8-6-9)11(2,3)4;1-7-4-5-8(2)9(3)6-7;1-6-2-4-7(5-3-6)8(9)10/h5-8H,1-4H3;4-6H,1-3H3;2-5H,1H3,(H,9,10). The molecule has 2 heteroatoms. The number of aryl methyl sites for hydroxylation is 5. The van der Waals surface area contributed by atoms with Crippen LogP contribution >= 0.6 is 0 Å². The van der Waals surface area contributed by atoms with Crippen LogP contribution in [0.5, 0.6) is 0 Å². The van der Waals surface area contributed by atoms with Gasteiger partial charge in [0.1, 0.15) is 0 Å². The smallest absolute Gasteiger partial charge is 0.335 e. The lowest BCUT2D eigenvalue weighted by Gasteiger charge is -2.18. The predicted octanol–water partition coefficient (Wildman–Crippen LogP) is 7.60. The molecule has 3 aromatic rings. The Kier molecular flexibility index (Phi) is 9.52. The predicted molar refractivity (Wildman–Crippen MR) is 129 cm³/mol. The fourth-order valence-corrected chi connectivity index (χ4v) is 2.64. The molecule has 0 bridgehead atoms. The normalized spacial score (nSPS) is 10.3. The van der Waals surface area contributed by atoms with E-state index in [0.717, 1.165) is 5.56 Å². The van der Waals surface area contributed by atoms with Gasteiger partial charge in [-0.2, -0.15) is 0 Å². The fraction of sp³-hybridized carbons (Fsp3) is 0.321. The summed E-state index contributed by atoms with van der Waals surface area (Å²) in [5.74, 6) is -0.875. The summed E-state index contributed by atoms with van der Waals surface area (Å²) in [6.45, 7) is 17.1. The number of aromatic carboxylic acids is 1. The number of carboxylic acids is 1. The van der Waals surface area contributed by atoms with Crippen LogP contribution in [0.15, 0.2) is 66.7 Å². The van der Waals surface area contributed by atoms with Crippen molar-refractivity contribution in [2.75, 3.05) is 0 Å². The zero-order chi connectivity index (χ0) is 22.9. The fourth-order valence-electron chi connectivity index (χ4n) is 2.64. The van der Waals surface area contributed by atoms with E-state index in [1.54, 1.807) is 24.3 Å². The van der Waals surface area contributed by atoms with Gasteiger partial charge in [0, 0.05) is 0 Å². The highest BCUT2D eigenvalue weighted by atomic mass is 16.4. The molecule has 0 radical (unpaired) electrons. The highest BCUT2D eigenvalue weighted by molar-refractivity contribution is 5.87. The number of rotatable bonds is 1. The first kappa shape index (κ1) is 25.2. The van der Waals surface area contributed by atoms with E-state index in [2.05, 4.69) is 90.9 Å². The van der Waals surface area contributed by atoms with E-state index < -0.39 is 5.97 Å². The quantitative estimate of drug-likeness (QED) is 0.453. The van der Waals surface area contributed by atoms with E-state index in [0.29, 0.717) is 5.56 Å². The van der Waals surface area contributed by atoms with Crippen LogP contribution in [-0.4, -0.2) is 11.1 Å². The molecule has 0 saturated carbocycles. The van der Waals surface area contributed by atoms with Crippen LogP contribution in [0.4, 0.5) is 0 Å². The Bertz CT molecular complexity index is 928. The molecule has 1 N–H and O–H groups in total. The molecule has 0 spiro atoms. The van der Waals surface area contributed by atoms with Crippen LogP contribution in [-0.2, 0) is 5.41 Å². The van der Waals surface area contributed by atoms with E-state index in [4.69, 9.17) is 5.11 Å². The maximum atomic E-state index is 10.3. The van der Waals surface area contributed by atoms with Crippen LogP contribution in [0.25, 0.3) is 0 Å². The molecular formula is C28H36O2. The molecule has 0 aliphatic rings. The van der Waals surface area contributed by atoms with E-state index in [1.165, 1.54) is 27.8 Å². The van der Waals surface area contributed by atoms with Crippen molar-refractivity contribution < 1.29 is 9.90 Å². The van der Waals surface area contributed by atoms with Gasteiger partial charge in [-0.25, -0.2) is 4.79 Å². The molecule has 0 aromatic heterocycles. The summed E-state index contributed by atoms with van der Waals surface area (Å²) in [4.78, 5) is 10.3. The van der Waals surface area contributed by atoms with Gasteiger partial charge in [-0.3, -0.25) is 0 Å². The highest BCUT2D eigenvalue weighted by Gasteiger charge is 2.11. The number of carboxylic acid groups (broad SMARTS) is 1. The second-order valence-corrected chi connectivity index (χ2v) is 8.87. The third-order valence-electron chi connectivity index (χ3n) is 4.88. The third-order valence-corrected chi connectivity index (χ3v) is 4.88. The first-order chi connectivity index (χ1) is 13.9. The summed E-state index contributed by atoms with van der Waals surface area (Å²) in [5, 5.41) is 8.48. The lowest BCUT2D eigenvalue weighted by Crippen LogP contribution is -2.10. The summed E-state index contributed by atoms with van der Waals surface area (Å²) < 4.78 is 0. The Labute approximate surface area is 182 Å². The Hall–Kier alpha value is -2.87. The average molecular weight is 405 g/mol. The van der Waals surface area contributed by atoms with E-state index in [-0.39, 0.29) is 5.41 Å². The monoisotopic (exact) mass is 404 g/mol. The van der Waals surface area contributed by atoms with Gasteiger partial charge in [-0.1, -0.05) is 92.1 Å². The van der Waals surface area contributed by atoms with Gasteiger partial charge in [0.15, 0.2) is 0 Å². The van der Waals surface area contributed by atoms with Crippen molar-refractivity contribution in [3.8, 4) is 0 Å². The summed E-state index contributed by atoms with van der Waals surface area (Å²) in [5.41, 5.74) is 8.54. The minimum absolute atomic E-state index is 0.285. The number of carbonyl (C=O) groups is 1. The molecule has 30 heavy (non-hydrogen) atoms. The molecule has 0 fully saturated rings. The van der Waals surface area contributed by atoms with Crippen molar-refractivity contribution in [3.63, 3.8) is 0 Å². The molecule has 0 heterocycles. The van der Waals surface area contributed by atoms with Crippen molar-refractivity contribution in [1.82, 2.24) is 0 Å². The van der Waals surface area contributed by atoms with Crippen molar-refractivity contribution in [3.05, 3.63) is 106 Å². The van der Waals surface area contributed by atoms with Crippen LogP contribution in [0, 0.1) is 34.6 Å². The van der Waals surface area contributed by atoms with Gasteiger partial charge in [0.25, 0.3) is 0 Å². The van der Waals surface area contributed by atoms with Gasteiger partial charge < -0.3 is 5.11 Å². The zero-order valence-corrected chi connectivity index (χ0v) is 19.7. The SMILES string of the molecule is Cc1ccc(C(=O)O)cc1.Cc1ccc(C(C)(C)C)cc1.Cc1ccc(C)c(C)c1. The molecular weight excluding hydrogens is 368 g/mol. The largest absolute Gasteiger partial charge is 0.478 e. The Morgan fingerprint density at radius 2 is 1.07 bits per heavy atom. The number of hydrogen-bond donors (Lipinski definition) is 1. The number of hydrogen-bond acceptors (Lipinski definition) is 1. The van der Waals surface area contributed by atoms with Crippen LogP contribution in [0.2, 0.25) is 0 Å². The summed E-state index contributed by atoms with van der Waals surface area (Å²) in [7, 11) is 0. The topological polar surface area (TPSA) is 37.3 Å². The third kappa shape index (κ3) is 9.09. The molecule has 0 atom stereocenters. The van der Waals surface area contributed by atoms with Crippen LogP contribution < -0.4 is 0 Å². The van der Waals surface area contributed by atoms with E-state index in [9.17, 15) is 4.79 Å². The minimum atomic E-state index is -0.875. The Morgan fingerprint density at radius 1 is 0.633 bits per heavy atom. The molecule has 0 unspecified atom stereocenters. The number of benzene rings is 3. The molecule has 3 aromatic carbocycles. The lowest BCUT2D eigenvalue weighted by molar-refractivity contribution is 0.0697. The van der Waals surface area contributed by atoms with Crippen molar-refractivity contribution in [1.29, 1.82) is 0 Å². The molecule has 0 aliphatic carbocycles. The lowest BCUT2D eigenvalue weighted by atomic mass is 9.87. The maximum absolute atomic E-state index is 10.3. The van der Waals surface area contributed by atoms with Gasteiger partial charge in [0.05, 0.1) is 5.56 Å². The highest BCUT2D eigenvalue weighted by Crippen LogP contribution is 2.21. The van der Waals surface area contributed by atoms with Crippen molar-refractivity contribution >= 4 is 5.97 Å². The Morgan fingerprint density at radius 3 is 1.43 bits per heavy atom. The van der Waals surface area contributed by atoms with Gasteiger partial charge >= 0.3 is 5.97 Å². The molecule has 3 rings (SSSR count). The first-order valence-electron chi connectivity index (χ1n) is 10.3. The molecule has 0 amide bonds. The van der Waals surface area contributed by atoms with E-state index in [1.807, 2.05) is 6.92 Å². The second kappa shape index (κ2) is 11.3. The zero-order valence-electron chi connectivity index (χ0n) is 19.7. The minimum Gasteiger partial charge on any atom is -0.478 e. The summed E-state index contributed by atoms with van der Waals surface area (Å²) in [6, 6.07) is 22.0. The van der Waals surface area contributed by atoms with E-state index >= 15 is 0 Å². The summed E-state index contributed by atoms with van der Waals surface area (Å²) in [6.07, 6.45) is 0. The van der Waals surface area contributed by atoms with Crippen molar-refractivity contribution in [2.24, 2.45) is 0 Å². The molecule has 0 saturated heterocycles. The molecule has 0 aliphatic heterocycles. The maximum Gasteiger partial charge on any atom is 0.335 e. The second-order valence-electron chi connectivity index (χ2n) is 8.87.